The Morgan fingerprint density at radius 3 is 2.93 bits per heavy atom. The van der Waals surface area contributed by atoms with Crippen molar-refractivity contribution in [3.63, 3.8) is 0 Å². The molecule has 2 aromatic heterocycles. The average Bonchev–Trinajstić information content (AvgIpc) is 2.71. The van der Waals surface area contributed by atoms with Crippen LogP contribution in [0.5, 0.6) is 0 Å². The molecule has 5 heteroatoms. The summed E-state index contributed by atoms with van der Waals surface area (Å²) in [7, 11) is 0. The smallest absolute Gasteiger partial charge is 0.138 e. The number of hydrogen-bond donors (Lipinski definition) is 0. The highest BCUT2D eigenvalue weighted by Crippen LogP contribution is 2.08. The predicted octanol–water partition coefficient (Wildman–Crippen LogP) is 1.64. The zero-order valence-corrected chi connectivity index (χ0v) is 9.63. The van der Waals surface area contributed by atoms with Gasteiger partial charge in [0.1, 0.15) is 12.7 Å². The Morgan fingerprint density at radius 1 is 1.29 bits per heavy atom. The molecule has 0 aliphatic heterocycles. The van der Waals surface area contributed by atoms with Crippen LogP contribution in [0.2, 0.25) is 0 Å². The number of rotatable bonds is 3. The fourth-order valence-corrected chi connectivity index (χ4v) is 1.81. The average molecular weight is 300 g/mol. The number of alkyl halides is 1. The van der Waals surface area contributed by atoms with Gasteiger partial charge in [-0.15, -0.1) is 0 Å². The molecule has 4 nitrogen and oxygen atoms in total. The third-order valence-corrected chi connectivity index (χ3v) is 2.39. The normalized spacial score (nSPS) is 10.4. The van der Waals surface area contributed by atoms with Crippen molar-refractivity contribution in [3.05, 3.63) is 36.7 Å². The Morgan fingerprint density at radius 2 is 2.21 bits per heavy atom. The summed E-state index contributed by atoms with van der Waals surface area (Å²) < 4.78 is 2.81. The molecule has 0 bridgehead atoms. The molecule has 0 saturated heterocycles. The molecule has 0 unspecified atom stereocenters. The summed E-state index contributed by atoms with van der Waals surface area (Å²) in [6.45, 7) is 0. The standard InChI is InChI=1S/C9H9IN4/c10-2-1-8-3-9(5-11-4-8)14-7-12-6-13-14/h3-7H,1-2H2. The van der Waals surface area contributed by atoms with Gasteiger partial charge in [-0.2, -0.15) is 5.10 Å². The van der Waals surface area contributed by atoms with Crippen LogP contribution in [0.4, 0.5) is 0 Å². The molecule has 0 aliphatic carbocycles. The van der Waals surface area contributed by atoms with Gasteiger partial charge in [0.25, 0.3) is 0 Å². The van der Waals surface area contributed by atoms with E-state index < -0.39 is 0 Å². The van der Waals surface area contributed by atoms with Crippen LogP contribution in [0.25, 0.3) is 5.69 Å². The van der Waals surface area contributed by atoms with E-state index in [9.17, 15) is 0 Å². The lowest BCUT2D eigenvalue weighted by atomic mass is 10.2. The van der Waals surface area contributed by atoms with Crippen molar-refractivity contribution >= 4 is 22.6 Å². The highest BCUT2D eigenvalue weighted by Gasteiger charge is 1.98. The fraction of sp³-hybridized carbons (Fsp3) is 0.222. The highest BCUT2D eigenvalue weighted by atomic mass is 127. The molecule has 0 N–H and O–H groups in total. The van der Waals surface area contributed by atoms with Gasteiger partial charge in [0.05, 0.1) is 11.9 Å². The summed E-state index contributed by atoms with van der Waals surface area (Å²) in [5.41, 5.74) is 2.19. The van der Waals surface area contributed by atoms with Gasteiger partial charge in [0.15, 0.2) is 0 Å². The molecule has 0 saturated carbocycles. The minimum atomic E-state index is 0.963. The van der Waals surface area contributed by atoms with E-state index in [1.54, 1.807) is 17.2 Å². The molecular formula is C9H9IN4. The van der Waals surface area contributed by atoms with Gasteiger partial charge in [-0.1, -0.05) is 22.6 Å². The Kier molecular flexibility index (Phi) is 3.07. The van der Waals surface area contributed by atoms with E-state index in [-0.39, 0.29) is 0 Å². The molecule has 0 spiro atoms. The molecule has 0 atom stereocenters. The van der Waals surface area contributed by atoms with Crippen LogP contribution in [0.15, 0.2) is 31.1 Å². The van der Waals surface area contributed by atoms with Crippen LogP contribution >= 0.6 is 22.6 Å². The maximum Gasteiger partial charge on any atom is 0.138 e. The van der Waals surface area contributed by atoms with Gasteiger partial charge in [-0.05, 0) is 18.1 Å². The van der Waals surface area contributed by atoms with Crippen molar-refractivity contribution in [1.82, 2.24) is 19.7 Å². The highest BCUT2D eigenvalue weighted by molar-refractivity contribution is 14.1. The number of hydrogen-bond acceptors (Lipinski definition) is 3. The Balaban J connectivity index is 2.31. The van der Waals surface area contributed by atoms with Crippen LogP contribution in [-0.4, -0.2) is 24.2 Å². The predicted molar refractivity (Wildman–Crippen MR) is 61.7 cm³/mol. The molecule has 2 rings (SSSR count). The number of halogens is 1. The molecule has 0 radical (unpaired) electrons. The van der Waals surface area contributed by atoms with Crippen LogP contribution in [0.3, 0.4) is 0 Å². The summed E-state index contributed by atoms with van der Waals surface area (Å²) >= 11 is 2.35. The molecule has 0 aliphatic rings. The van der Waals surface area contributed by atoms with Crippen molar-refractivity contribution in [3.8, 4) is 5.69 Å². The lowest BCUT2D eigenvalue weighted by Crippen LogP contribution is -1.97. The van der Waals surface area contributed by atoms with Gasteiger partial charge in [-0.25, -0.2) is 9.67 Å². The molecule has 2 heterocycles. The molecule has 2 aromatic rings. The van der Waals surface area contributed by atoms with Crippen molar-refractivity contribution in [1.29, 1.82) is 0 Å². The molecule has 0 amide bonds. The zero-order valence-electron chi connectivity index (χ0n) is 7.47. The first-order valence-electron chi connectivity index (χ1n) is 4.25. The quantitative estimate of drug-likeness (QED) is 0.639. The van der Waals surface area contributed by atoms with E-state index in [1.807, 2.05) is 6.20 Å². The number of nitrogens with zero attached hydrogens (tertiary/aromatic N) is 4. The van der Waals surface area contributed by atoms with E-state index >= 15 is 0 Å². The largest absolute Gasteiger partial charge is 0.262 e. The SMILES string of the molecule is ICCc1cncc(-n2cncn2)c1. The van der Waals surface area contributed by atoms with Crippen LogP contribution in [0, 0.1) is 0 Å². The van der Waals surface area contributed by atoms with Crippen LogP contribution in [0.1, 0.15) is 5.56 Å². The molecule has 0 aromatic carbocycles. The van der Waals surface area contributed by atoms with Gasteiger partial charge < -0.3 is 0 Å². The Labute approximate surface area is 95.5 Å². The number of aromatic nitrogens is 4. The van der Waals surface area contributed by atoms with Crippen molar-refractivity contribution in [2.45, 2.75) is 6.42 Å². The topological polar surface area (TPSA) is 43.6 Å². The minimum absolute atomic E-state index is 0.963. The second kappa shape index (κ2) is 4.50. The first kappa shape index (κ1) is 9.57. The molecule has 0 fully saturated rings. The van der Waals surface area contributed by atoms with Gasteiger partial charge >= 0.3 is 0 Å². The van der Waals surface area contributed by atoms with Gasteiger partial charge in [-0.3, -0.25) is 4.98 Å². The van der Waals surface area contributed by atoms with E-state index in [2.05, 4.69) is 43.7 Å². The van der Waals surface area contributed by atoms with Crippen LogP contribution in [-0.2, 0) is 6.42 Å². The lowest BCUT2D eigenvalue weighted by Gasteiger charge is -2.02. The number of aryl methyl sites for hydroxylation is 1. The summed E-state index contributed by atoms with van der Waals surface area (Å²) in [5, 5.41) is 4.05. The van der Waals surface area contributed by atoms with E-state index in [0.29, 0.717) is 0 Å². The maximum absolute atomic E-state index is 4.17. The molecule has 72 valence electrons. The fourth-order valence-electron chi connectivity index (χ4n) is 1.19. The minimum Gasteiger partial charge on any atom is -0.262 e. The summed E-state index contributed by atoms with van der Waals surface area (Å²) in [5.74, 6) is 0. The van der Waals surface area contributed by atoms with Crippen molar-refractivity contribution in [2.24, 2.45) is 0 Å². The number of pyridine rings is 1. The van der Waals surface area contributed by atoms with E-state index in [1.165, 1.54) is 11.9 Å². The third kappa shape index (κ3) is 2.09. The lowest BCUT2D eigenvalue weighted by molar-refractivity contribution is 0.868. The second-order valence-corrected chi connectivity index (χ2v) is 3.91. The molecule has 14 heavy (non-hydrogen) atoms. The van der Waals surface area contributed by atoms with Gasteiger partial charge in [0.2, 0.25) is 0 Å². The Hall–Kier alpha value is -0.980. The first-order chi connectivity index (χ1) is 6.90. The maximum atomic E-state index is 4.17. The molecular weight excluding hydrogens is 291 g/mol. The van der Waals surface area contributed by atoms with Crippen LogP contribution < -0.4 is 0 Å². The zero-order chi connectivity index (χ0) is 9.80. The third-order valence-electron chi connectivity index (χ3n) is 1.85. The summed E-state index contributed by atoms with van der Waals surface area (Å²) in [6, 6.07) is 2.08. The Bertz CT molecular complexity index is 399. The first-order valence-corrected chi connectivity index (χ1v) is 5.77. The summed E-state index contributed by atoms with van der Waals surface area (Å²) in [4.78, 5) is 8.06. The summed E-state index contributed by atoms with van der Waals surface area (Å²) in [6.07, 6.45) is 7.90. The monoisotopic (exact) mass is 300 g/mol. The second-order valence-electron chi connectivity index (χ2n) is 2.83. The van der Waals surface area contributed by atoms with Crippen molar-refractivity contribution in [2.75, 3.05) is 4.43 Å². The van der Waals surface area contributed by atoms with E-state index in [0.717, 1.165) is 16.5 Å². The van der Waals surface area contributed by atoms with Crippen molar-refractivity contribution < 1.29 is 0 Å². The van der Waals surface area contributed by atoms with E-state index in [4.69, 9.17) is 0 Å². The van der Waals surface area contributed by atoms with Gasteiger partial charge in [0, 0.05) is 10.6 Å².